The first-order valence-electron chi connectivity index (χ1n) is 6.39. The average Bonchev–Trinajstić information content (AvgIpc) is 2.29. The zero-order chi connectivity index (χ0) is 10.5. The van der Waals surface area contributed by atoms with E-state index in [1.165, 1.54) is 32.1 Å². The van der Waals surface area contributed by atoms with Crippen LogP contribution in [0.1, 0.15) is 44.9 Å². The number of hydrogen-bond acceptors (Lipinski definition) is 3. The monoisotopic (exact) mass is 213 g/mol. The quantitative estimate of drug-likeness (QED) is 0.745. The molecule has 1 aliphatic heterocycles. The van der Waals surface area contributed by atoms with E-state index in [1.54, 1.807) is 0 Å². The van der Waals surface area contributed by atoms with Crippen LogP contribution in [-0.4, -0.2) is 36.5 Å². The normalized spacial score (nSPS) is 37.8. The van der Waals surface area contributed by atoms with E-state index >= 15 is 0 Å². The first kappa shape index (κ1) is 11.4. The van der Waals surface area contributed by atoms with Crippen LogP contribution >= 0.6 is 0 Å². The topological polar surface area (TPSA) is 41.5 Å². The van der Waals surface area contributed by atoms with Crippen LogP contribution in [0.3, 0.4) is 0 Å². The minimum absolute atomic E-state index is 0.137. The highest BCUT2D eigenvalue weighted by molar-refractivity contribution is 4.81. The van der Waals surface area contributed by atoms with Gasteiger partial charge in [0.15, 0.2) is 0 Å². The lowest BCUT2D eigenvalue weighted by Crippen LogP contribution is -2.45. The molecular weight excluding hydrogens is 190 g/mol. The van der Waals surface area contributed by atoms with Gasteiger partial charge < -0.3 is 15.2 Å². The Labute approximate surface area is 92.2 Å². The smallest absolute Gasteiger partial charge is 0.0699 e. The Hall–Kier alpha value is -0.120. The Kier molecular flexibility index (Phi) is 4.42. The van der Waals surface area contributed by atoms with Crippen molar-refractivity contribution in [3.63, 3.8) is 0 Å². The van der Waals surface area contributed by atoms with E-state index < -0.39 is 0 Å². The first-order chi connectivity index (χ1) is 7.36. The molecule has 1 saturated heterocycles. The summed E-state index contributed by atoms with van der Waals surface area (Å²) in [5, 5.41) is 13.3. The largest absolute Gasteiger partial charge is 0.392 e. The predicted molar refractivity (Wildman–Crippen MR) is 59.9 cm³/mol. The van der Waals surface area contributed by atoms with Gasteiger partial charge in [0.25, 0.3) is 0 Å². The van der Waals surface area contributed by atoms with Gasteiger partial charge in [0, 0.05) is 19.2 Å². The van der Waals surface area contributed by atoms with E-state index in [0.29, 0.717) is 12.1 Å². The van der Waals surface area contributed by atoms with E-state index in [4.69, 9.17) is 4.74 Å². The summed E-state index contributed by atoms with van der Waals surface area (Å²) in [4.78, 5) is 0. The molecule has 2 N–H and O–H groups in total. The second kappa shape index (κ2) is 5.83. The van der Waals surface area contributed by atoms with Gasteiger partial charge in [-0.1, -0.05) is 12.8 Å². The Bertz CT molecular complexity index is 180. The number of ether oxygens (including phenoxy) is 1. The average molecular weight is 213 g/mol. The SMILES string of the molecule is O[C@@H]1CCCC[C@H]1NCC1CCCCO1. The van der Waals surface area contributed by atoms with E-state index in [-0.39, 0.29) is 6.10 Å². The third kappa shape index (κ3) is 3.44. The van der Waals surface area contributed by atoms with Crippen LogP contribution in [0.15, 0.2) is 0 Å². The molecule has 0 spiro atoms. The minimum Gasteiger partial charge on any atom is -0.392 e. The van der Waals surface area contributed by atoms with Crippen molar-refractivity contribution in [2.24, 2.45) is 0 Å². The van der Waals surface area contributed by atoms with E-state index in [0.717, 1.165) is 26.0 Å². The molecule has 0 aromatic rings. The van der Waals surface area contributed by atoms with Gasteiger partial charge in [-0.15, -0.1) is 0 Å². The van der Waals surface area contributed by atoms with Crippen LogP contribution in [-0.2, 0) is 4.74 Å². The minimum atomic E-state index is -0.137. The van der Waals surface area contributed by atoms with E-state index in [9.17, 15) is 5.11 Å². The highest BCUT2D eigenvalue weighted by Crippen LogP contribution is 2.19. The Morgan fingerprint density at radius 2 is 1.87 bits per heavy atom. The second-order valence-electron chi connectivity index (χ2n) is 4.86. The standard InChI is InChI=1S/C12H23NO2/c14-12-7-2-1-6-11(12)13-9-10-5-3-4-8-15-10/h10-14H,1-9H2/t10?,11-,12-/m1/s1. The molecule has 3 heteroatoms. The summed E-state index contributed by atoms with van der Waals surface area (Å²) in [6.45, 7) is 1.83. The van der Waals surface area contributed by atoms with Crippen molar-refractivity contribution >= 4 is 0 Å². The summed E-state index contributed by atoms with van der Waals surface area (Å²) >= 11 is 0. The summed E-state index contributed by atoms with van der Waals surface area (Å²) in [7, 11) is 0. The molecule has 0 aromatic carbocycles. The van der Waals surface area contributed by atoms with Gasteiger partial charge in [-0.25, -0.2) is 0 Å². The second-order valence-corrected chi connectivity index (χ2v) is 4.86. The molecule has 0 amide bonds. The molecule has 0 aromatic heterocycles. The number of rotatable bonds is 3. The summed E-state index contributed by atoms with van der Waals surface area (Å²) < 4.78 is 5.66. The van der Waals surface area contributed by atoms with E-state index in [1.807, 2.05) is 0 Å². The van der Waals surface area contributed by atoms with Crippen LogP contribution in [0.25, 0.3) is 0 Å². The third-order valence-corrected chi connectivity index (χ3v) is 3.61. The molecule has 1 unspecified atom stereocenters. The van der Waals surface area contributed by atoms with Crippen LogP contribution in [0.2, 0.25) is 0 Å². The van der Waals surface area contributed by atoms with Crippen molar-refractivity contribution in [2.45, 2.75) is 63.2 Å². The van der Waals surface area contributed by atoms with Gasteiger partial charge in [0.2, 0.25) is 0 Å². The maximum atomic E-state index is 9.80. The molecule has 1 heterocycles. The lowest BCUT2D eigenvalue weighted by molar-refractivity contribution is 0.00836. The molecule has 1 saturated carbocycles. The molecule has 15 heavy (non-hydrogen) atoms. The van der Waals surface area contributed by atoms with Crippen LogP contribution in [0, 0.1) is 0 Å². The van der Waals surface area contributed by atoms with Gasteiger partial charge in [-0.3, -0.25) is 0 Å². The van der Waals surface area contributed by atoms with Crippen molar-refractivity contribution < 1.29 is 9.84 Å². The number of hydrogen-bond donors (Lipinski definition) is 2. The van der Waals surface area contributed by atoms with Gasteiger partial charge in [-0.05, 0) is 32.1 Å². The van der Waals surface area contributed by atoms with Crippen LogP contribution in [0.5, 0.6) is 0 Å². The van der Waals surface area contributed by atoms with Crippen molar-refractivity contribution in [1.29, 1.82) is 0 Å². The highest BCUT2D eigenvalue weighted by Gasteiger charge is 2.23. The fourth-order valence-electron chi connectivity index (χ4n) is 2.60. The molecule has 2 aliphatic rings. The molecule has 88 valence electrons. The number of nitrogens with one attached hydrogen (secondary N) is 1. The molecule has 0 bridgehead atoms. The molecule has 2 rings (SSSR count). The molecule has 3 nitrogen and oxygen atoms in total. The Balaban J connectivity index is 1.67. The zero-order valence-electron chi connectivity index (χ0n) is 9.45. The van der Waals surface area contributed by atoms with Crippen LogP contribution in [0.4, 0.5) is 0 Å². The van der Waals surface area contributed by atoms with Gasteiger partial charge in [0.05, 0.1) is 12.2 Å². The maximum Gasteiger partial charge on any atom is 0.0699 e. The molecular formula is C12H23NO2. The summed E-state index contributed by atoms with van der Waals surface area (Å²) in [6.07, 6.45) is 8.43. The maximum absolute atomic E-state index is 9.80. The van der Waals surface area contributed by atoms with Crippen molar-refractivity contribution in [2.75, 3.05) is 13.2 Å². The van der Waals surface area contributed by atoms with Gasteiger partial charge in [-0.2, -0.15) is 0 Å². The first-order valence-corrected chi connectivity index (χ1v) is 6.39. The molecule has 1 aliphatic carbocycles. The van der Waals surface area contributed by atoms with Gasteiger partial charge in [0.1, 0.15) is 0 Å². The number of aliphatic hydroxyl groups excluding tert-OH is 1. The molecule has 2 fully saturated rings. The fourth-order valence-corrected chi connectivity index (χ4v) is 2.60. The number of aliphatic hydroxyl groups is 1. The van der Waals surface area contributed by atoms with Crippen molar-refractivity contribution in [1.82, 2.24) is 5.32 Å². The predicted octanol–water partition coefficient (Wildman–Crippen LogP) is 1.45. The summed E-state index contributed by atoms with van der Waals surface area (Å²) in [6, 6.07) is 0.310. The Morgan fingerprint density at radius 3 is 2.60 bits per heavy atom. The molecule has 0 radical (unpaired) electrons. The lowest BCUT2D eigenvalue weighted by Gasteiger charge is -2.31. The summed E-state index contributed by atoms with van der Waals surface area (Å²) in [5.41, 5.74) is 0. The zero-order valence-corrected chi connectivity index (χ0v) is 9.45. The third-order valence-electron chi connectivity index (χ3n) is 3.61. The van der Waals surface area contributed by atoms with E-state index in [2.05, 4.69) is 5.32 Å². The van der Waals surface area contributed by atoms with Crippen molar-refractivity contribution in [3.8, 4) is 0 Å². The Morgan fingerprint density at radius 1 is 1.07 bits per heavy atom. The van der Waals surface area contributed by atoms with Crippen LogP contribution < -0.4 is 5.32 Å². The van der Waals surface area contributed by atoms with Gasteiger partial charge >= 0.3 is 0 Å². The fraction of sp³-hybridized carbons (Fsp3) is 1.00. The highest BCUT2D eigenvalue weighted by atomic mass is 16.5. The van der Waals surface area contributed by atoms with Crippen molar-refractivity contribution in [3.05, 3.63) is 0 Å². The lowest BCUT2D eigenvalue weighted by atomic mass is 9.92. The summed E-state index contributed by atoms with van der Waals surface area (Å²) in [5.74, 6) is 0. The molecule has 3 atom stereocenters.